The van der Waals surface area contributed by atoms with E-state index in [0.717, 1.165) is 89.2 Å². The van der Waals surface area contributed by atoms with Crippen LogP contribution in [0.2, 0.25) is 0 Å². The van der Waals surface area contributed by atoms with E-state index in [-0.39, 0.29) is 48.5 Å². The van der Waals surface area contributed by atoms with Crippen molar-refractivity contribution in [1.82, 2.24) is 14.5 Å². The maximum absolute atomic E-state index is 12.7. The molecule has 2 aromatic heterocycles. The van der Waals surface area contributed by atoms with Crippen molar-refractivity contribution in [3.8, 4) is 78.6 Å². The average molecular weight is 1160 g/mol. The summed E-state index contributed by atoms with van der Waals surface area (Å²) in [5, 5.41) is 12.7. The second kappa shape index (κ2) is 20.1. The van der Waals surface area contributed by atoms with Crippen LogP contribution in [0, 0.1) is 11.5 Å². The minimum Gasteiger partial charge on any atom is -0.507 e. The van der Waals surface area contributed by atoms with Crippen molar-refractivity contribution in [2.75, 3.05) is 0 Å². The Hall–Kier alpha value is -6.35. The molecule has 5 heteroatoms. The van der Waals surface area contributed by atoms with Gasteiger partial charge in [0.2, 0.25) is 0 Å². The first-order chi connectivity index (χ1) is 35.0. The third-order valence-corrected chi connectivity index (χ3v) is 13.9. The molecule has 1 N–H and O–H groups in total. The first-order valence-electron chi connectivity index (χ1n) is 26.9. The third kappa shape index (κ3) is 11.2. The molecule has 0 amide bonds. The van der Waals surface area contributed by atoms with Crippen molar-refractivity contribution >= 4 is 11.0 Å². The number of rotatable bonds is 8. The van der Waals surface area contributed by atoms with Crippen LogP contribution in [0.4, 0.5) is 0 Å². The molecule has 9 rings (SSSR count). The molecule has 0 saturated carbocycles. The molecule has 0 aliphatic rings. The normalized spacial score (nSPS) is 13.1. The molecule has 2 heterocycles. The Morgan fingerprint density at radius 1 is 0.500 bits per heavy atom. The number of hydrogen-bond acceptors (Lipinski definition) is 3. The van der Waals surface area contributed by atoms with E-state index >= 15 is 0 Å². The molecule has 0 fully saturated rings. The molecule has 7 aromatic carbocycles. The number of fused-ring (bicyclic) bond motifs is 1. The summed E-state index contributed by atoms with van der Waals surface area (Å²) in [7, 11) is 0. The van der Waals surface area contributed by atoms with E-state index in [1.165, 1.54) is 5.56 Å². The van der Waals surface area contributed by atoms with E-state index in [9.17, 15) is 7.85 Å². The maximum atomic E-state index is 12.7. The minimum atomic E-state index is -1.64. The van der Waals surface area contributed by atoms with Gasteiger partial charge in [-0.3, -0.25) is 9.55 Å². The van der Waals surface area contributed by atoms with Gasteiger partial charge in [-0.05, 0) is 108 Å². The zero-order valence-corrected chi connectivity index (χ0v) is 48.4. The van der Waals surface area contributed by atoms with E-state index < -0.39 is 11.8 Å². The molecule has 4 nitrogen and oxygen atoms in total. The number of hydrogen-bond donors (Lipinski definition) is 1. The van der Waals surface area contributed by atoms with Crippen molar-refractivity contribution < 1.29 is 28.9 Å². The zero-order valence-electron chi connectivity index (χ0n) is 48.1. The molecule has 0 spiro atoms. The Kier molecular flexibility index (Phi) is 13.9. The fourth-order valence-corrected chi connectivity index (χ4v) is 9.74. The number of aromatic hydroxyl groups is 1. The molecule has 9 aromatic rings. The van der Waals surface area contributed by atoms with Crippen molar-refractivity contribution in [3.05, 3.63) is 192 Å². The van der Waals surface area contributed by atoms with Crippen LogP contribution in [-0.2, 0) is 49.1 Å². The van der Waals surface area contributed by atoms with Crippen LogP contribution in [0.3, 0.4) is 0 Å². The first kappa shape index (κ1) is 51.1. The summed E-state index contributed by atoms with van der Waals surface area (Å²) in [5.41, 5.74) is 16.0. The molecule has 0 saturated heterocycles. The van der Waals surface area contributed by atoms with Crippen molar-refractivity contribution in [2.24, 2.45) is 5.41 Å². The van der Waals surface area contributed by atoms with Gasteiger partial charge in [0.25, 0.3) is 0 Å². The zero-order chi connectivity index (χ0) is 54.2. The van der Waals surface area contributed by atoms with Gasteiger partial charge in [0.15, 0.2) is 0 Å². The second-order valence-electron chi connectivity index (χ2n) is 25.1. The predicted octanol–water partition coefficient (Wildman–Crippen LogP) is 18.7. The maximum Gasteiger partial charge on any atom is 0.148 e. The van der Waals surface area contributed by atoms with E-state index in [1.54, 1.807) is 0 Å². The summed E-state index contributed by atoms with van der Waals surface area (Å²) < 4.78 is 21.2. The standard InChI is InChI=1S/C69H74N3O.Pt/c1-65(2,3)43-50-35-46(29-31-54(50)44-23-18-16-19-24-44)47-33-34-70-59(39-47)49-36-48(37-52(38-49)67(7,8)9)55-27-22-28-61-62(55)71-64(57-41-53(68(10,11)12)42-58(63(57)73)69(13,14)15)72(61)60-32-30-51(66(4,5)6)40-56(60)45-25-20-17-21-26-45;/h16-35,37-42,73H,43H2,1-15H3;/q-1;/i43D2;. The Labute approximate surface area is 459 Å². The predicted molar refractivity (Wildman–Crippen MR) is 310 cm³/mol. The summed E-state index contributed by atoms with van der Waals surface area (Å²) in [5.74, 6) is 0.884. The molecule has 74 heavy (non-hydrogen) atoms. The fourth-order valence-electron chi connectivity index (χ4n) is 9.74. The van der Waals surface area contributed by atoms with E-state index in [4.69, 9.17) is 9.97 Å². The quantitative estimate of drug-likeness (QED) is 0.154. The van der Waals surface area contributed by atoms with Gasteiger partial charge in [0.1, 0.15) is 11.6 Å². The number of para-hydroxylation sites is 1. The fraction of sp³-hybridized carbons (Fsp3) is 0.304. The summed E-state index contributed by atoms with van der Waals surface area (Å²) in [6.45, 7) is 32.5. The van der Waals surface area contributed by atoms with Crippen LogP contribution in [0.1, 0.15) is 134 Å². The van der Waals surface area contributed by atoms with Gasteiger partial charge in [0, 0.05) is 46.8 Å². The van der Waals surface area contributed by atoms with Gasteiger partial charge in [-0.15, -0.1) is 29.3 Å². The van der Waals surface area contributed by atoms with Crippen molar-refractivity contribution in [3.63, 3.8) is 0 Å². The molecule has 0 aliphatic heterocycles. The Bertz CT molecular complexity index is 3600. The van der Waals surface area contributed by atoms with Gasteiger partial charge in [0.05, 0.1) is 22.3 Å². The molecule has 0 bridgehead atoms. The molecular weight excluding hydrogens is 1080 g/mol. The van der Waals surface area contributed by atoms with Gasteiger partial charge in [-0.2, -0.15) is 0 Å². The molecule has 0 atom stereocenters. The molecule has 0 radical (unpaired) electrons. The van der Waals surface area contributed by atoms with E-state index in [0.29, 0.717) is 17.0 Å². The Morgan fingerprint density at radius 2 is 1.08 bits per heavy atom. The number of benzene rings is 7. The average Bonchev–Trinajstić information content (AvgIpc) is 3.84. The van der Waals surface area contributed by atoms with Crippen LogP contribution < -0.4 is 0 Å². The molecule has 0 aliphatic carbocycles. The SMILES string of the molecule is [2H]C([2H])(c1cc(-c2ccnc(-c3[c-]c(-c4cccc5c4nc(-c4cc(C(C)(C)C)cc(C(C)(C)C)c4O)n5-c4ccc(C(C)(C)C)cc4-c4ccccc4)cc(C(C)(C)C)c3)c2)ccc1-c1ccccc1)C(C)(C)C.[Pt]. The topological polar surface area (TPSA) is 50.9 Å². The Balaban J connectivity index is 0.00000765. The summed E-state index contributed by atoms with van der Waals surface area (Å²) in [6, 6.07) is 56.8. The first-order valence-corrected chi connectivity index (χ1v) is 25.9. The number of phenols is 1. The van der Waals surface area contributed by atoms with Crippen LogP contribution in [0.15, 0.2) is 158 Å². The van der Waals surface area contributed by atoms with Crippen molar-refractivity contribution in [1.29, 1.82) is 0 Å². The molecule has 382 valence electrons. The van der Waals surface area contributed by atoms with Gasteiger partial charge >= 0.3 is 0 Å². The van der Waals surface area contributed by atoms with Gasteiger partial charge in [-0.25, -0.2) is 4.98 Å². The number of imidazole rings is 1. The third-order valence-electron chi connectivity index (χ3n) is 13.9. The number of pyridine rings is 1. The van der Waals surface area contributed by atoms with Gasteiger partial charge in [-0.1, -0.05) is 224 Å². The van der Waals surface area contributed by atoms with Gasteiger partial charge < -0.3 is 5.11 Å². The molecule has 0 unspecified atom stereocenters. The summed E-state index contributed by atoms with van der Waals surface area (Å²) in [4.78, 5) is 10.7. The smallest absolute Gasteiger partial charge is 0.148 e. The summed E-state index contributed by atoms with van der Waals surface area (Å²) in [6.07, 6.45) is 0.211. The monoisotopic (exact) mass is 1160 g/mol. The second-order valence-corrected chi connectivity index (χ2v) is 25.1. The van der Waals surface area contributed by atoms with E-state index in [2.05, 4.69) is 203 Å². The van der Waals surface area contributed by atoms with Crippen LogP contribution >= 0.6 is 0 Å². The van der Waals surface area contributed by atoms with E-state index in [1.807, 2.05) is 69.4 Å². The largest absolute Gasteiger partial charge is 0.507 e. The van der Waals surface area contributed by atoms with Crippen LogP contribution in [-0.4, -0.2) is 19.6 Å². The van der Waals surface area contributed by atoms with Crippen molar-refractivity contribution in [2.45, 2.75) is 132 Å². The number of phenolic OH excluding ortho intramolecular Hbond substituents is 1. The van der Waals surface area contributed by atoms with Crippen LogP contribution in [0.25, 0.3) is 83.9 Å². The number of nitrogens with zero attached hydrogens (tertiary/aromatic N) is 3. The molecular formula is C69H74N3OPt-. The van der Waals surface area contributed by atoms with Crippen LogP contribution in [0.5, 0.6) is 5.75 Å². The Morgan fingerprint density at radius 3 is 1.69 bits per heavy atom. The number of aromatic nitrogens is 3. The summed E-state index contributed by atoms with van der Waals surface area (Å²) >= 11 is 0. The minimum absolute atomic E-state index is 0.